The molecular weight excluding hydrogens is 208 g/mol. The van der Waals surface area contributed by atoms with Crippen LogP contribution in [0.4, 0.5) is 0 Å². The Kier molecular flexibility index (Phi) is 4.09. The van der Waals surface area contributed by atoms with Crippen molar-refractivity contribution in [3.8, 4) is 0 Å². The Morgan fingerprint density at radius 1 is 1.47 bits per heavy atom. The Balaban J connectivity index is 1.93. The van der Waals surface area contributed by atoms with Gasteiger partial charge in [-0.3, -0.25) is 0 Å². The lowest BCUT2D eigenvalue weighted by Crippen LogP contribution is -2.07. The molecule has 2 N–H and O–H groups in total. The first kappa shape index (κ1) is 11.0. The van der Waals surface area contributed by atoms with Gasteiger partial charge in [-0.15, -0.1) is 0 Å². The van der Waals surface area contributed by atoms with Gasteiger partial charge < -0.3 is 10.2 Å². The molecule has 0 aromatic carbocycles. The van der Waals surface area contributed by atoms with Crippen molar-refractivity contribution in [3.05, 3.63) is 17.8 Å². The van der Waals surface area contributed by atoms with Crippen LogP contribution >= 0.6 is 11.8 Å². The van der Waals surface area contributed by atoms with Crippen molar-refractivity contribution in [2.45, 2.75) is 31.6 Å². The highest BCUT2D eigenvalue weighted by Crippen LogP contribution is 2.31. The zero-order valence-corrected chi connectivity index (χ0v) is 9.76. The summed E-state index contributed by atoms with van der Waals surface area (Å²) >= 11 is 2.03. The maximum atomic E-state index is 5.75. The zero-order valence-electron chi connectivity index (χ0n) is 8.95. The van der Waals surface area contributed by atoms with Crippen LogP contribution in [0.2, 0.25) is 0 Å². The summed E-state index contributed by atoms with van der Waals surface area (Å²) in [7, 11) is 0. The highest BCUT2D eigenvalue weighted by atomic mass is 32.2. The first-order valence-electron chi connectivity index (χ1n) is 5.62. The van der Waals surface area contributed by atoms with Crippen LogP contribution in [0, 0.1) is 0 Å². The molecule has 1 aromatic heterocycles. The van der Waals surface area contributed by atoms with E-state index in [1.54, 1.807) is 0 Å². The standard InChI is InChI=1S/C11H18N2OS/c12-5-1-2-10-8-13-11(14-10)9-3-6-15-7-4-9/h8-9H,1-7,12H2. The van der Waals surface area contributed by atoms with Gasteiger partial charge in [-0.2, -0.15) is 11.8 Å². The lowest BCUT2D eigenvalue weighted by Gasteiger charge is -2.17. The summed E-state index contributed by atoms with van der Waals surface area (Å²) in [4.78, 5) is 4.38. The van der Waals surface area contributed by atoms with Gasteiger partial charge in [-0.1, -0.05) is 0 Å². The molecule has 0 aliphatic carbocycles. The van der Waals surface area contributed by atoms with Gasteiger partial charge in [0.2, 0.25) is 0 Å². The van der Waals surface area contributed by atoms with Crippen LogP contribution in [-0.4, -0.2) is 23.0 Å². The highest BCUT2D eigenvalue weighted by molar-refractivity contribution is 7.99. The number of rotatable bonds is 4. The van der Waals surface area contributed by atoms with Crippen LogP contribution < -0.4 is 5.73 Å². The number of nitrogens with two attached hydrogens (primary N) is 1. The van der Waals surface area contributed by atoms with Gasteiger partial charge in [0, 0.05) is 12.3 Å². The van der Waals surface area contributed by atoms with E-state index in [0.717, 1.165) is 31.0 Å². The van der Waals surface area contributed by atoms with Crippen LogP contribution in [0.15, 0.2) is 10.6 Å². The summed E-state index contributed by atoms with van der Waals surface area (Å²) in [6.45, 7) is 0.718. The second-order valence-corrected chi connectivity index (χ2v) is 5.17. The maximum Gasteiger partial charge on any atom is 0.197 e. The average Bonchev–Trinajstić information content (AvgIpc) is 2.76. The lowest BCUT2D eigenvalue weighted by molar-refractivity contribution is 0.403. The molecule has 1 saturated heterocycles. The van der Waals surface area contributed by atoms with Crippen molar-refractivity contribution in [2.24, 2.45) is 5.73 Å². The molecule has 0 radical (unpaired) electrons. The van der Waals surface area contributed by atoms with E-state index in [0.29, 0.717) is 5.92 Å². The number of thioether (sulfide) groups is 1. The third-order valence-corrected chi connectivity index (χ3v) is 3.82. The fraction of sp³-hybridized carbons (Fsp3) is 0.727. The first-order valence-corrected chi connectivity index (χ1v) is 6.78. The Morgan fingerprint density at radius 3 is 3.00 bits per heavy atom. The number of aromatic nitrogens is 1. The van der Waals surface area contributed by atoms with Crippen LogP contribution in [0.25, 0.3) is 0 Å². The molecule has 4 heteroatoms. The van der Waals surface area contributed by atoms with E-state index < -0.39 is 0 Å². The topological polar surface area (TPSA) is 52.0 Å². The van der Waals surface area contributed by atoms with Crippen LogP contribution in [0.5, 0.6) is 0 Å². The minimum atomic E-state index is 0.554. The van der Waals surface area contributed by atoms with Gasteiger partial charge in [0.25, 0.3) is 0 Å². The van der Waals surface area contributed by atoms with E-state index in [1.165, 1.54) is 24.3 Å². The van der Waals surface area contributed by atoms with Gasteiger partial charge in [0.1, 0.15) is 5.76 Å². The molecule has 0 amide bonds. The predicted octanol–water partition coefficient (Wildman–Crippen LogP) is 2.18. The number of aryl methyl sites for hydroxylation is 1. The average molecular weight is 226 g/mol. The van der Waals surface area contributed by atoms with Crippen molar-refractivity contribution in [2.75, 3.05) is 18.1 Å². The Hall–Kier alpha value is -0.480. The Morgan fingerprint density at radius 2 is 2.27 bits per heavy atom. The molecule has 2 rings (SSSR count). The zero-order chi connectivity index (χ0) is 10.5. The third kappa shape index (κ3) is 2.98. The molecule has 0 saturated carbocycles. The molecule has 0 atom stereocenters. The number of nitrogens with zero attached hydrogens (tertiary/aromatic N) is 1. The lowest BCUT2D eigenvalue weighted by atomic mass is 10.0. The van der Waals surface area contributed by atoms with Crippen molar-refractivity contribution in [3.63, 3.8) is 0 Å². The molecule has 1 aromatic rings. The van der Waals surface area contributed by atoms with Gasteiger partial charge in [0.05, 0.1) is 6.20 Å². The third-order valence-electron chi connectivity index (χ3n) is 2.77. The van der Waals surface area contributed by atoms with Crippen molar-refractivity contribution >= 4 is 11.8 Å². The fourth-order valence-corrected chi connectivity index (χ4v) is 2.95. The number of oxazole rings is 1. The van der Waals surface area contributed by atoms with Gasteiger partial charge in [-0.25, -0.2) is 4.98 Å². The monoisotopic (exact) mass is 226 g/mol. The van der Waals surface area contributed by atoms with E-state index in [4.69, 9.17) is 10.2 Å². The Bertz CT molecular complexity index is 295. The quantitative estimate of drug-likeness (QED) is 0.855. The van der Waals surface area contributed by atoms with Crippen molar-refractivity contribution in [1.82, 2.24) is 4.98 Å². The van der Waals surface area contributed by atoms with E-state index >= 15 is 0 Å². The predicted molar refractivity (Wildman–Crippen MR) is 63.2 cm³/mol. The van der Waals surface area contributed by atoms with E-state index in [1.807, 2.05) is 18.0 Å². The summed E-state index contributed by atoms with van der Waals surface area (Å²) in [6, 6.07) is 0. The van der Waals surface area contributed by atoms with Gasteiger partial charge in [-0.05, 0) is 37.3 Å². The molecule has 15 heavy (non-hydrogen) atoms. The second kappa shape index (κ2) is 5.56. The van der Waals surface area contributed by atoms with E-state index in [9.17, 15) is 0 Å². The highest BCUT2D eigenvalue weighted by Gasteiger charge is 2.20. The fourth-order valence-electron chi connectivity index (χ4n) is 1.85. The molecule has 1 aliphatic heterocycles. The first-order chi connectivity index (χ1) is 7.40. The molecule has 0 spiro atoms. The summed E-state index contributed by atoms with van der Waals surface area (Å²) in [5, 5.41) is 0. The number of hydrogen-bond donors (Lipinski definition) is 1. The molecule has 0 unspecified atom stereocenters. The van der Waals surface area contributed by atoms with Crippen LogP contribution in [-0.2, 0) is 6.42 Å². The van der Waals surface area contributed by atoms with Crippen LogP contribution in [0.1, 0.15) is 36.8 Å². The SMILES string of the molecule is NCCCc1cnc(C2CCSCC2)o1. The molecule has 84 valence electrons. The minimum Gasteiger partial charge on any atom is -0.445 e. The minimum absolute atomic E-state index is 0.554. The smallest absolute Gasteiger partial charge is 0.197 e. The molecular formula is C11H18N2OS. The molecule has 0 bridgehead atoms. The van der Waals surface area contributed by atoms with Crippen LogP contribution in [0.3, 0.4) is 0 Å². The van der Waals surface area contributed by atoms with Gasteiger partial charge >= 0.3 is 0 Å². The molecule has 2 heterocycles. The number of hydrogen-bond acceptors (Lipinski definition) is 4. The summed E-state index contributed by atoms with van der Waals surface area (Å²) in [5.41, 5.74) is 5.46. The molecule has 1 fully saturated rings. The van der Waals surface area contributed by atoms with E-state index in [-0.39, 0.29) is 0 Å². The van der Waals surface area contributed by atoms with Gasteiger partial charge in [0.15, 0.2) is 5.89 Å². The largest absolute Gasteiger partial charge is 0.445 e. The maximum absolute atomic E-state index is 5.75. The summed E-state index contributed by atoms with van der Waals surface area (Å²) in [5.74, 6) is 4.98. The second-order valence-electron chi connectivity index (χ2n) is 3.94. The van der Waals surface area contributed by atoms with Crippen molar-refractivity contribution in [1.29, 1.82) is 0 Å². The normalized spacial score (nSPS) is 18.2. The van der Waals surface area contributed by atoms with E-state index in [2.05, 4.69) is 4.98 Å². The molecule has 1 aliphatic rings. The summed E-state index contributed by atoms with van der Waals surface area (Å²) in [6.07, 6.45) is 6.19. The summed E-state index contributed by atoms with van der Waals surface area (Å²) < 4.78 is 5.75. The molecule has 3 nitrogen and oxygen atoms in total. The van der Waals surface area contributed by atoms with Crippen molar-refractivity contribution < 1.29 is 4.42 Å². The Labute approximate surface area is 94.8 Å².